The van der Waals surface area contributed by atoms with Gasteiger partial charge in [0, 0.05) is 16.0 Å². The van der Waals surface area contributed by atoms with Crippen molar-refractivity contribution < 1.29 is 0 Å². The first kappa shape index (κ1) is 12.9. The summed E-state index contributed by atoms with van der Waals surface area (Å²) in [5, 5.41) is 2.84. The minimum Gasteiger partial charge on any atom is -0.383 e. The van der Waals surface area contributed by atoms with Crippen molar-refractivity contribution in [3.8, 4) is 21.7 Å². The van der Waals surface area contributed by atoms with Crippen molar-refractivity contribution in [2.75, 3.05) is 5.73 Å². The molecule has 0 radical (unpaired) electrons. The molecule has 0 atom stereocenters. The second-order valence-corrected chi connectivity index (χ2v) is 5.81. The van der Waals surface area contributed by atoms with Gasteiger partial charge in [-0.1, -0.05) is 36.4 Å². The molecule has 0 bridgehead atoms. The molecule has 0 fully saturated rings. The van der Waals surface area contributed by atoms with E-state index in [-0.39, 0.29) is 0 Å². The van der Waals surface area contributed by atoms with Gasteiger partial charge in [-0.2, -0.15) is 0 Å². The van der Waals surface area contributed by atoms with Gasteiger partial charge in [-0.3, -0.25) is 0 Å². The Morgan fingerprint density at radius 2 is 1.82 bits per heavy atom. The van der Waals surface area contributed by atoms with E-state index < -0.39 is 0 Å². The van der Waals surface area contributed by atoms with E-state index in [0.717, 1.165) is 27.1 Å². The van der Waals surface area contributed by atoms with Gasteiger partial charge in [0.25, 0.3) is 0 Å². The van der Waals surface area contributed by atoms with Crippen molar-refractivity contribution in [1.29, 1.82) is 0 Å². The molecular weight excluding hydrogens is 292 g/mol. The zero-order chi connectivity index (χ0) is 14.9. The van der Waals surface area contributed by atoms with Gasteiger partial charge < -0.3 is 5.73 Å². The summed E-state index contributed by atoms with van der Waals surface area (Å²) in [6, 6.07) is 16.3. The first-order chi connectivity index (χ1) is 10.8. The van der Waals surface area contributed by atoms with Gasteiger partial charge in [-0.05, 0) is 17.5 Å². The van der Waals surface area contributed by atoms with Gasteiger partial charge in [0.15, 0.2) is 5.65 Å². The number of nitrogen functional groups attached to an aromatic ring is 1. The summed E-state index contributed by atoms with van der Waals surface area (Å²) in [6.07, 6.45) is 1.45. The summed E-state index contributed by atoms with van der Waals surface area (Å²) in [5.74, 6) is 0.454. The molecule has 0 amide bonds. The molecule has 106 valence electrons. The number of nitrogens with two attached hydrogens (primary N) is 1. The van der Waals surface area contributed by atoms with Crippen LogP contribution in [0.5, 0.6) is 0 Å². The van der Waals surface area contributed by atoms with Gasteiger partial charge in [-0.15, -0.1) is 11.3 Å². The van der Waals surface area contributed by atoms with Crippen LogP contribution in [0.15, 0.2) is 60.2 Å². The molecule has 1 aromatic carbocycles. The minimum atomic E-state index is 0.454. The molecule has 0 saturated heterocycles. The number of anilines is 1. The molecule has 3 aromatic heterocycles. The number of hydrogen-bond acceptors (Lipinski definition) is 5. The number of rotatable bonds is 2. The van der Waals surface area contributed by atoms with E-state index in [1.165, 1.54) is 6.33 Å². The number of aromatic nitrogens is 3. The lowest BCUT2D eigenvalue weighted by Crippen LogP contribution is -1.97. The standard InChI is InChI=1S/C17H12N4S/c18-16-13-9-12(14-7-4-8-22-14)15(11-5-2-1-3-6-11)21-17(13)20-10-19-16/h1-10H,(H2,18,19,20,21). The summed E-state index contributed by atoms with van der Waals surface area (Å²) < 4.78 is 0. The van der Waals surface area contributed by atoms with Crippen LogP contribution in [0.4, 0.5) is 5.82 Å². The van der Waals surface area contributed by atoms with Crippen molar-refractivity contribution in [2.24, 2.45) is 0 Å². The molecule has 0 aliphatic heterocycles. The molecule has 3 heterocycles. The largest absolute Gasteiger partial charge is 0.383 e. The van der Waals surface area contributed by atoms with Gasteiger partial charge in [0.1, 0.15) is 12.1 Å². The highest BCUT2D eigenvalue weighted by molar-refractivity contribution is 7.13. The number of fused-ring (bicyclic) bond motifs is 1. The van der Waals surface area contributed by atoms with Crippen LogP contribution in [0.2, 0.25) is 0 Å². The molecule has 0 saturated carbocycles. The lowest BCUT2D eigenvalue weighted by atomic mass is 10.0. The number of benzene rings is 1. The fourth-order valence-electron chi connectivity index (χ4n) is 2.44. The second kappa shape index (κ2) is 5.20. The van der Waals surface area contributed by atoms with Crippen LogP contribution in [0.25, 0.3) is 32.7 Å². The molecule has 4 aromatic rings. The second-order valence-electron chi connectivity index (χ2n) is 4.86. The lowest BCUT2D eigenvalue weighted by Gasteiger charge is -2.10. The predicted molar refractivity (Wildman–Crippen MR) is 90.5 cm³/mol. The van der Waals surface area contributed by atoms with Crippen LogP contribution in [-0.2, 0) is 0 Å². The van der Waals surface area contributed by atoms with Gasteiger partial charge in [0.2, 0.25) is 0 Å². The lowest BCUT2D eigenvalue weighted by molar-refractivity contribution is 1.19. The van der Waals surface area contributed by atoms with Gasteiger partial charge >= 0.3 is 0 Å². The van der Waals surface area contributed by atoms with Crippen LogP contribution in [-0.4, -0.2) is 15.0 Å². The van der Waals surface area contributed by atoms with Crippen LogP contribution >= 0.6 is 11.3 Å². The molecule has 22 heavy (non-hydrogen) atoms. The maximum Gasteiger partial charge on any atom is 0.165 e. The van der Waals surface area contributed by atoms with E-state index >= 15 is 0 Å². The van der Waals surface area contributed by atoms with Crippen LogP contribution in [0.3, 0.4) is 0 Å². The summed E-state index contributed by atoms with van der Waals surface area (Å²) in [5.41, 5.74) is 9.62. The Balaban J connectivity index is 2.07. The Labute approximate surface area is 131 Å². The fraction of sp³-hybridized carbons (Fsp3) is 0. The Bertz CT molecular complexity index is 934. The van der Waals surface area contributed by atoms with Crippen molar-refractivity contribution in [3.63, 3.8) is 0 Å². The smallest absolute Gasteiger partial charge is 0.165 e. The van der Waals surface area contributed by atoms with E-state index in [9.17, 15) is 0 Å². The maximum atomic E-state index is 5.98. The molecule has 4 rings (SSSR count). The highest BCUT2D eigenvalue weighted by atomic mass is 32.1. The normalized spacial score (nSPS) is 10.9. The monoisotopic (exact) mass is 304 g/mol. The van der Waals surface area contributed by atoms with Gasteiger partial charge in [-0.25, -0.2) is 15.0 Å². The van der Waals surface area contributed by atoms with E-state index in [0.29, 0.717) is 11.5 Å². The minimum absolute atomic E-state index is 0.454. The first-order valence-corrected chi connectivity index (χ1v) is 7.71. The number of thiophene rings is 1. The Morgan fingerprint density at radius 1 is 0.955 bits per heavy atom. The number of hydrogen-bond donors (Lipinski definition) is 1. The number of nitrogens with zero attached hydrogens (tertiary/aromatic N) is 3. The molecule has 2 N–H and O–H groups in total. The van der Waals surface area contributed by atoms with Crippen molar-refractivity contribution in [1.82, 2.24) is 15.0 Å². The highest BCUT2D eigenvalue weighted by Crippen LogP contribution is 2.35. The quantitative estimate of drug-likeness (QED) is 0.608. The third kappa shape index (κ3) is 2.12. The van der Waals surface area contributed by atoms with E-state index in [2.05, 4.69) is 33.5 Å². The zero-order valence-electron chi connectivity index (χ0n) is 11.6. The van der Waals surface area contributed by atoms with Crippen molar-refractivity contribution >= 4 is 28.2 Å². The Morgan fingerprint density at radius 3 is 2.59 bits per heavy atom. The summed E-state index contributed by atoms with van der Waals surface area (Å²) in [4.78, 5) is 14.2. The zero-order valence-corrected chi connectivity index (χ0v) is 12.4. The van der Waals surface area contributed by atoms with E-state index in [1.807, 2.05) is 30.3 Å². The third-order valence-electron chi connectivity index (χ3n) is 3.49. The first-order valence-electron chi connectivity index (χ1n) is 6.83. The third-order valence-corrected chi connectivity index (χ3v) is 4.39. The fourth-order valence-corrected chi connectivity index (χ4v) is 3.18. The molecule has 0 unspecified atom stereocenters. The molecule has 4 nitrogen and oxygen atoms in total. The summed E-state index contributed by atoms with van der Waals surface area (Å²) in [6.45, 7) is 0. The van der Waals surface area contributed by atoms with Crippen molar-refractivity contribution in [3.05, 3.63) is 60.2 Å². The molecule has 0 aliphatic carbocycles. The molecular formula is C17H12N4S. The molecule has 5 heteroatoms. The molecule has 0 aliphatic rings. The van der Waals surface area contributed by atoms with E-state index in [1.54, 1.807) is 11.3 Å². The van der Waals surface area contributed by atoms with Crippen LogP contribution in [0, 0.1) is 0 Å². The predicted octanol–water partition coefficient (Wildman–Crippen LogP) is 4.00. The summed E-state index contributed by atoms with van der Waals surface area (Å²) in [7, 11) is 0. The average molecular weight is 304 g/mol. The van der Waals surface area contributed by atoms with E-state index in [4.69, 9.17) is 10.7 Å². The topological polar surface area (TPSA) is 64.7 Å². The SMILES string of the molecule is Nc1ncnc2nc(-c3ccccc3)c(-c3cccs3)cc12. The average Bonchev–Trinajstić information content (AvgIpc) is 3.09. The Hall–Kier alpha value is -2.79. The summed E-state index contributed by atoms with van der Waals surface area (Å²) >= 11 is 1.68. The van der Waals surface area contributed by atoms with Crippen LogP contribution < -0.4 is 5.73 Å². The Kier molecular flexibility index (Phi) is 3.05. The van der Waals surface area contributed by atoms with Gasteiger partial charge in [0.05, 0.1) is 11.1 Å². The highest BCUT2D eigenvalue weighted by Gasteiger charge is 2.14. The van der Waals surface area contributed by atoms with Crippen LogP contribution in [0.1, 0.15) is 0 Å². The maximum absolute atomic E-state index is 5.98. The number of pyridine rings is 1. The van der Waals surface area contributed by atoms with Crippen molar-refractivity contribution in [2.45, 2.75) is 0 Å². The molecule has 0 spiro atoms.